The number of likely N-dealkylation sites (N-methyl/N-ethyl adjacent to an activating group) is 1. The van der Waals surface area contributed by atoms with Crippen molar-refractivity contribution in [2.24, 2.45) is 4.99 Å². The minimum Gasteiger partial charge on any atom is -0.379 e. The molecule has 1 unspecified atom stereocenters. The molecule has 184 valence electrons. The SMILES string of the molecule is CN(C)C(=O)CN=C(NCCCN1CCOCC1)N1CCN(C(=O)C2CCCO2)CC1.I. The molecule has 10 nitrogen and oxygen atoms in total. The number of ether oxygens (including phenoxy) is 2. The molecule has 11 heteroatoms. The van der Waals surface area contributed by atoms with Crippen molar-refractivity contribution in [3.8, 4) is 0 Å². The van der Waals surface area contributed by atoms with Crippen molar-refractivity contribution in [1.29, 1.82) is 0 Å². The second-order valence-electron chi connectivity index (χ2n) is 8.48. The van der Waals surface area contributed by atoms with Crippen molar-refractivity contribution < 1.29 is 19.1 Å². The molecule has 3 saturated heterocycles. The third-order valence-electron chi connectivity index (χ3n) is 6.00. The molecule has 0 saturated carbocycles. The van der Waals surface area contributed by atoms with E-state index in [1.165, 1.54) is 0 Å². The lowest BCUT2D eigenvalue weighted by Gasteiger charge is -2.37. The molecule has 3 aliphatic heterocycles. The molecule has 32 heavy (non-hydrogen) atoms. The minimum atomic E-state index is -0.268. The molecule has 0 spiro atoms. The van der Waals surface area contributed by atoms with E-state index in [1.54, 1.807) is 19.0 Å². The van der Waals surface area contributed by atoms with Crippen molar-refractivity contribution in [2.75, 3.05) is 92.8 Å². The van der Waals surface area contributed by atoms with Gasteiger partial charge in [-0.25, -0.2) is 4.99 Å². The zero-order chi connectivity index (χ0) is 22.1. The van der Waals surface area contributed by atoms with Gasteiger partial charge < -0.3 is 29.5 Å². The number of halogens is 1. The topological polar surface area (TPSA) is 90.0 Å². The highest BCUT2D eigenvalue weighted by Crippen LogP contribution is 2.16. The predicted octanol–water partition coefficient (Wildman–Crippen LogP) is -0.316. The van der Waals surface area contributed by atoms with E-state index in [1.807, 2.05) is 4.90 Å². The molecule has 0 aromatic heterocycles. The Hall–Kier alpha value is -1.18. The molecule has 3 rings (SSSR count). The van der Waals surface area contributed by atoms with Gasteiger partial charge in [0.25, 0.3) is 5.91 Å². The summed E-state index contributed by atoms with van der Waals surface area (Å²) in [5.74, 6) is 0.832. The second-order valence-corrected chi connectivity index (χ2v) is 8.48. The Morgan fingerprint density at radius 2 is 1.72 bits per heavy atom. The quantitative estimate of drug-likeness (QED) is 0.196. The number of guanidine groups is 1. The van der Waals surface area contributed by atoms with Gasteiger partial charge in [0, 0.05) is 66.5 Å². The summed E-state index contributed by atoms with van der Waals surface area (Å²) in [6.45, 7) is 8.89. The molecular formula is C21H39IN6O4. The minimum absolute atomic E-state index is 0. The third-order valence-corrected chi connectivity index (χ3v) is 6.00. The van der Waals surface area contributed by atoms with Gasteiger partial charge in [-0.3, -0.25) is 14.5 Å². The first kappa shape index (κ1) is 27.1. The van der Waals surface area contributed by atoms with Gasteiger partial charge in [0.1, 0.15) is 12.6 Å². The standard InChI is InChI=1S/C21H38N6O4.HI/c1-24(2)19(28)17-23-21(22-6-4-7-25-12-15-30-16-13-25)27-10-8-26(9-11-27)20(29)18-5-3-14-31-18;/h18H,3-17H2,1-2H3,(H,22,23);1H. The predicted molar refractivity (Wildman–Crippen MR) is 133 cm³/mol. The Kier molecular flexibility index (Phi) is 12.0. The van der Waals surface area contributed by atoms with E-state index in [2.05, 4.69) is 20.1 Å². The van der Waals surface area contributed by atoms with E-state index in [4.69, 9.17) is 9.47 Å². The highest BCUT2D eigenvalue weighted by atomic mass is 127. The van der Waals surface area contributed by atoms with Crippen LogP contribution in [0.15, 0.2) is 4.99 Å². The molecule has 1 N–H and O–H groups in total. The fraction of sp³-hybridized carbons (Fsp3) is 0.857. The number of piperazine rings is 1. The molecule has 0 aromatic carbocycles. The number of carbonyl (C=O) groups excluding carboxylic acids is 2. The fourth-order valence-electron chi connectivity index (χ4n) is 3.99. The second kappa shape index (κ2) is 14.2. The summed E-state index contributed by atoms with van der Waals surface area (Å²) in [6.07, 6.45) is 2.51. The van der Waals surface area contributed by atoms with Gasteiger partial charge in [-0.1, -0.05) is 0 Å². The number of amides is 2. The first-order chi connectivity index (χ1) is 15.0. The number of morpholine rings is 1. The summed E-state index contributed by atoms with van der Waals surface area (Å²) in [7, 11) is 3.48. The largest absolute Gasteiger partial charge is 0.379 e. The maximum atomic E-state index is 12.6. The van der Waals surface area contributed by atoms with Crippen molar-refractivity contribution in [3.63, 3.8) is 0 Å². The van der Waals surface area contributed by atoms with E-state index >= 15 is 0 Å². The number of hydrogen-bond donors (Lipinski definition) is 1. The van der Waals surface area contributed by atoms with E-state index in [9.17, 15) is 9.59 Å². The van der Waals surface area contributed by atoms with Crippen molar-refractivity contribution in [3.05, 3.63) is 0 Å². The van der Waals surface area contributed by atoms with Crippen LogP contribution >= 0.6 is 24.0 Å². The summed E-state index contributed by atoms with van der Waals surface area (Å²) in [5, 5.41) is 3.44. The summed E-state index contributed by atoms with van der Waals surface area (Å²) in [5.41, 5.74) is 0. The maximum Gasteiger partial charge on any atom is 0.251 e. The average molecular weight is 566 g/mol. The Bertz CT molecular complexity index is 615. The molecule has 3 fully saturated rings. The number of hydrogen-bond acceptors (Lipinski definition) is 6. The smallest absolute Gasteiger partial charge is 0.251 e. The maximum absolute atomic E-state index is 12.6. The van der Waals surface area contributed by atoms with Gasteiger partial charge in [0.2, 0.25) is 5.91 Å². The first-order valence-corrected chi connectivity index (χ1v) is 11.5. The lowest BCUT2D eigenvalue weighted by Crippen LogP contribution is -2.55. The highest BCUT2D eigenvalue weighted by Gasteiger charge is 2.31. The number of nitrogens with zero attached hydrogens (tertiary/aromatic N) is 5. The van der Waals surface area contributed by atoms with Crippen molar-refractivity contribution in [1.82, 2.24) is 24.9 Å². The molecule has 0 aromatic rings. The van der Waals surface area contributed by atoms with Crippen molar-refractivity contribution >= 4 is 41.8 Å². The molecule has 0 aliphatic carbocycles. The Morgan fingerprint density at radius 3 is 2.34 bits per heavy atom. The lowest BCUT2D eigenvalue weighted by molar-refractivity contribution is -0.142. The number of rotatable bonds is 7. The van der Waals surface area contributed by atoms with Crippen LogP contribution in [0.4, 0.5) is 0 Å². The van der Waals surface area contributed by atoms with Crippen LogP contribution in [0.1, 0.15) is 19.3 Å². The summed E-state index contributed by atoms with van der Waals surface area (Å²) in [6, 6.07) is 0. The third kappa shape index (κ3) is 8.31. The lowest BCUT2D eigenvalue weighted by atomic mass is 10.2. The van der Waals surface area contributed by atoms with Crippen molar-refractivity contribution in [2.45, 2.75) is 25.4 Å². The van der Waals surface area contributed by atoms with Gasteiger partial charge in [0.05, 0.1) is 13.2 Å². The Morgan fingerprint density at radius 1 is 1.03 bits per heavy atom. The van der Waals surface area contributed by atoms with Crippen LogP contribution in [0, 0.1) is 0 Å². The molecule has 1 atom stereocenters. The average Bonchev–Trinajstić information content (AvgIpc) is 3.33. The van der Waals surface area contributed by atoms with Crippen LogP contribution in [0.2, 0.25) is 0 Å². The highest BCUT2D eigenvalue weighted by molar-refractivity contribution is 14.0. The number of carbonyl (C=O) groups is 2. The fourth-order valence-corrected chi connectivity index (χ4v) is 3.99. The zero-order valence-electron chi connectivity index (χ0n) is 19.5. The monoisotopic (exact) mass is 566 g/mol. The van der Waals surface area contributed by atoms with E-state index < -0.39 is 0 Å². The Labute approximate surface area is 208 Å². The van der Waals surface area contributed by atoms with Crippen LogP contribution in [-0.4, -0.2) is 136 Å². The molecule has 2 amide bonds. The van der Waals surface area contributed by atoms with Crippen LogP contribution in [0.3, 0.4) is 0 Å². The van der Waals surface area contributed by atoms with Gasteiger partial charge in [-0.15, -0.1) is 24.0 Å². The van der Waals surface area contributed by atoms with Gasteiger partial charge in [-0.05, 0) is 25.8 Å². The van der Waals surface area contributed by atoms with Crippen LogP contribution in [0.25, 0.3) is 0 Å². The molecule has 0 bridgehead atoms. The summed E-state index contributed by atoms with van der Waals surface area (Å²) >= 11 is 0. The van der Waals surface area contributed by atoms with Gasteiger partial charge in [-0.2, -0.15) is 0 Å². The number of aliphatic imine (C=N–C) groups is 1. The zero-order valence-corrected chi connectivity index (χ0v) is 21.8. The van der Waals surface area contributed by atoms with Crippen LogP contribution in [-0.2, 0) is 19.1 Å². The van der Waals surface area contributed by atoms with Crippen LogP contribution in [0.5, 0.6) is 0 Å². The molecule has 3 aliphatic rings. The number of nitrogens with one attached hydrogen (secondary N) is 1. The summed E-state index contributed by atoms with van der Waals surface area (Å²) < 4.78 is 11.0. The van der Waals surface area contributed by atoms with Gasteiger partial charge in [0.15, 0.2) is 5.96 Å². The first-order valence-electron chi connectivity index (χ1n) is 11.5. The summed E-state index contributed by atoms with van der Waals surface area (Å²) in [4.78, 5) is 37.2. The van der Waals surface area contributed by atoms with Gasteiger partial charge >= 0.3 is 0 Å². The molecule has 0 radical (unpaired) electrons. The van der Waals surface area contributed by atoms with E-state index in [0.29, 0.717) is 32.8 Å². The molecule has 3 heterocycles. The Balaban J connectivity index is 0.00000363. The van der Waals surface area contributed by atoms with E-state index in [-0.39, 0.29) is 48.4 Å². The normalized spacial score (nSPS) is 22.4. The molecular weight excluding hydrogens is 527 g/mol. The van der Waals surface area contributed by atoms with Crippen LogP contribution < -0.4 is 5.32 Å². The van der Waals surface area contributed by atoms with E-state index in [0.717, 1.165) is 64.6 Å².